The Bertz CT molecular complexity index is 315. The van der Waals surface area contributed by atoms with Crippen LogP contribution in [0, 0.1) is 18.2 Å². The summed E-state index contributed by atoms with van der Waals surface area (Å²) >= 11 is 0. The fourth-order valence-corrected chi connectivity index (χ4v) is 0.901. The predicted molar refractivity (Wildman–Crippen MR) is 41.5 cm³/mol. The molecule has 0 unspecified atom stereocenters. The monoisotopic (exact) mass is 167 g/mol. The van der Waals surface area contributed by atoms with Gasteiger partial charge in [0.1, 0.15) is 11.6 Å². The molecular weight excluding hydrogens is 160 g/mol. The second kappa shape index (κ2) is 3.82. The Morgan fingerprint density at radius 1 is 1.33 bits per heavy atom. The lowest BCUT2D eigenvalue weighted by molar-refractivity contribution is 0.573. The first kappa shape index (κ1) is 8.66. The molecule has 0 heterocycles. The summed E-state index contributed by atoms with van der Waals surface area (Å²) in [7, 11) is 0. The molecule has 1 nitrogen and oxygen atoms in total. The summed E-state index contributed by atoms with van der Waals surface area (Å²) in [6, 6.07) is 3.40. The van der Waals surface area contributed by atoms with Crippen molar-refractivity contribution in [2.75, 3.05) is 6.54 Å². The van der Waals surface area contributed by atoms with Crippen LogP contribution in [0.4, 0.5) is 8.78 Å². The van der Waals surface area contributed by atoms with Gasteiger partial charge < -0.3 is 4.85 Å². The minimum atomic E-state index is -0.584. The molecule has 0 atom stereocenters. The maximum Gasteiger partial charge on any atom is 0.218 e. The van der Waals surface area contributed by atoms with Crippen LogP contribution in [0.1, 0.15) is 5.56 Å². The van der Waals surface area contributed by atoms with Crippen molar-refractivity contribution in [3.8, 4) is 0 Å². The van der Waals surface area contributed by atoms with Gasteiger partial charge in [-0.05, 0) is 11.6 Å². The van der Waals surface area contributed by atoms with Crippen molar-refractivity contribution in [1.82, 2.24) is 0 Å². The molecule has 0 bridgehead atoms. The smallest absolute Gasteiger partial charge is 0.218 e. The molecule has 0 saturated carbocycles. The Hall–Kier alpha value is -1.43. The van der Waals surface area contributed by atoms with Gasteiger partial charge in [0.15, 0.2) is 0 Å². The minimum Gasteiger partial charge on any atom is -0.317 e. The third-order valence-electron chi connectivity index (χ3n) is 1.51. The lowest BCUT2D eigenvalue weighted by Crippen LogP contribution is -1.93. The molecule has 3 heteroatoms. The van der Waals surface area contributed by atoms with E-state index < -0.39 is 11.6 Å². The zero-order valence-corrected chi connectivity index (χ0v) is 6.35. The van der Waals surface area contributed by atoms with Crippen molar-refractivity contribution in [3.63, 3.8) is 0 Å². The van der Waals surface area contributed by atoms with Crippen LogP contribution in [0.15, 0.2) is 18.2 Å². The first-order valence-corrected chi connectivity index (χ1v) is 3.51. The van der Waals surface area contributed by atoms with Crippen LogP contribution in [0.2, 0.25) is 0 Å². The molecule has 0 aliphatic carbocycles. The van der Waals surface area contributed by atoms with Crippen molar-refractivity contribution in [1.29, 1.82) is 0 Å². The van der Waals surface area contributed by atoms with Crippen LogP contribution in [0.25, 0.3) is 4.85 Å². The van der Waals surface area contributed by atoms with E-state index in [4.69, 9.17) is 6.57 Å². The lowest BCUT2D eigenvalue weighted by atomic mass is 10.1. The van der Waals surface area contributed by atoms with Gasteiger partial charge in [0.05, 0.1) is 0 Å². The normalized spacial score (nSPS) is 9.42. The van der Waals surface area contributed by atoms with E-state index in [1.165, 1.54) is 12.1 Å². The van der Waals surface area contributed by atoms with Crippen LogP contribution in [-0.2, 0) is 6.42 Å². The van der Waals surface area contributed by atoms with Gasteiger partial charge in [-0.25, -0.2) is 15.4 Å². The summed E-state index contributed by atoms with van der Waals surface area (Å²) in [6.07, 6.45) is 0.343. The third kappa shape index (κ3) is 2.03. The molecule has 0 N–H and O–H groups in total. The Morgan fingerprint density at radius 3 is 2.67 bits per heavy atom. The number of rotatable bonds is 2. The molecule has 1 aromatic carbocycles. The van der Waals surface area contributed by atoms with E-state index in [1.807, 2.05) is 0 Å². The van der Waals surface area contributed by atoms with Gasteiger partial charge in [-0.3, -0.25) is 0 Å². The van der Waals surface area contributed by atoms with E-state index in [9.17, 15) is 8.78 Å². The second-order valence-electron chi connectivity index (χ2n) is 2.37. The molecule has 0 aliphatic rings. The fraction of sp³-hybridized carbons (Fsp3) is 0.222. The zero-order chi connectivity index (χ0) is 8.97. The van der Waals surface area contributed by atoms with Crippen LogP contribution in [0.3, 0.4) is 0 Å². The average Bonchev–Trinajstić information content (AvgIpc) is 2.03. The predicted octanol–water partition coefficient (Wildman–Crippen LogP) is 2.43. The van der Waals surface area contributed by atoms with Gasteiger partial charge in [0.2, 0.25) is 6.54 Å². The van der Waals surface area contributed by atoms with E-state index in [0.717, 1.165) is 6.07 Å². The van der Waals surface area contributed by atoms with E-state index >= 15 is 0 Å². The summed E-state index contributed by atoms with van der Waals surface area (Å²) in [5.74, 6) is -1.15. The van der Waals surface area contributed by atoms with Gasteiger partial charge in [-0.15, -0.1) is 0 Å². The molecule has 0 saturated heterocycles. The largest absolute Gasteiger partial charge is 0.317 e. The molecule has 0 fully saturated rings. The lowest BCUT2D eigenvalue weighted by Gasteiger charge is -1.97. The van der Waals surface area contributed by atoms with Crippen LogP contribution >= 0.6 is 0 Å². The molecule has 0 spiro atoms. The molecule has 62 valence electrons. The SMILES string of the molecule is [C-]#[N+]CCc1ccc(F)cc1F. The molecule has 0 aromatic heterocycles. The standard InChI is InChI=1S/C9H7F2N/c1-12-5-4-7-2-3-8(10)6-9(7)11/h2-3,6H,4-5H2. The van der Waals surface area contributed by atoms with Crippen molar-refractivity contribution in [2.45, 2.75) is 6.42 Å². The summed E-state index contributed by atoms with van der Waals surface area (Å²) in [6.45, 7) is 6.73. The maximum absolute atomic E-state index is 12.8. The summed E-state index contributed by atoms with van der Waals surface area (Å²) in [5.41, 5.74) is 0.396. The maximum atomic E-state index is 12.8. The van der Waals surface area contributed by atoms with Crippen LogP contribution in [0.5, 0.6) is 0 Å². The van der Waals surface area contributed by atoms with E-state index in [0.29, 0.717) is 12.0 Å². The van der Waals surface area contributed by atoms with E-state index in [1.54, 1.807) is 0 Å². The highest BCUT2D eigenvalue weighted by Gasteiger charge is 2.03. The molecule has 12 heavy (non-hydrogen) atoms. The Labute approximate surface area is 69.5 Å². The number of hydrogen-bond acceptors (Lipinski definition) is 0. The first-order valence-electron chi connectivity index (χ1n) is 3.51. The Morgan fingerprint density at radius 2 is 2.08 bits per heavy atom. The van der Waals surface area contributed by atoms with Gasteiger partial charge in [-0.1, -0.05) is 6.07 Å². The minimum absolute atomic E-state index is 0.239. The third-order valence-corrected chi connectivity index (χ3v) is 1.51. The molecule has 0 aliphatic heterocycles. The number of halogens is 2. The van der Waals surface area contributed by atoms with Crippen molar-refractivity contribution in [2.24, 2.45) is 0 Å². The van der Waals surface area contributed by atoms with Gasteiger partial charge in [-0.2, -0.15) is 0 Å². The van der Waals surface area contributed by atoms with E-state index in [2.05, 4.69) is 4.85 Å². The molecule has 1 aromatic rings. The highest BCUT2D eigenvalue weighted by Crippen LogP contribution is 2.09. The first-order chi connectivity index (χ1) is 5.74. The number of nitrogens with zero attached hydrogens (tertiary/aromatic N) is 1. The number of hydrogen-bond donors (Lipinski definition) is 0. The molecular formula is C9H7F2N. The highest BCUT2D eigenvalue weighted by molar-refractivity contribution is 5.19. The molecule has 0 radical (unpaired) electrons. The average molecular weight is 167 g/mol. The molecule has 1 rings (SSSR count). The van der Waals surface area contributed by atoms with Gasteiger partial charge in [0, 0.05) is 12.5 Å². The van der Waals surface area contributed by atoms with E-state index in [-0.39, 0.29) is 6.54 Å². The van der Waals surface area contributed by atoms with Crippen LogP contribution < -0.4 is 0 Å². The second-order valence-corrected chi connectivity index (χ2v) is 2.37. The fourth-order valence-electron chi connectivity index (χ4n) is 0.901. The Kier molecular flexibility index (Phi) is 2.76. The van der Waals surface area contributed by atoms with Crippen molar-refractivity contribution >= 4 is 0 Å². The van der Waals surface area contributed by atoms with Gasteiger partial charge >= 0.3 is 0 Å². The molecule has 0 amide bonds. The van der Waals surface area contributed by atoms with Gasteiger partial charge in [0.25, 0.3) is 0 Å². The Balaban J connectivity index is 2.81. The van der Waals surface area contributed by atoms with Crippen LogP contribution in [-0.4, -0.2) is 6.54 Å². The topological polar surface area (TPSA) is 4.36 Å². The summed E-state index contributed by atoms with van der Waals surface area (Å²) in [4.78, 5) is 3.08. The highest BCUT2D eigenvalue weighted by atomic mass is 19.1. The summed E-state index contributed by atoms with van der Waals surface area (Å²) in [5, 5.41) is 0. The zero-order valence-electron chi connectivity index (χ0n) is 6.35. The van der Waals surface area contributed by atoms with Crippen molar-refractivity contribution in [3.05, 3.63) is 46.8 Å². The van der Waals surface area contributed by atoms with Crippen molar-refractivity contribution < 1.29 is 8.78 Å². The quantitative estimate of drug-likeness (QED) is 0.596. The number of benzene rings is 1. The summed E-state index contributed by atoms with van der Waals surface area (Å²) < 4.78 is 25.2.